The molecular formula is C15H19BrN2O2S2. The zero-order valence-corrected chi connectivity index (χ0v) is 15.7. The van der Waals surface area contributed by atoms with Crippen molar-refractivity contribution in [2.45, 2.75) is 50.4 Å². The second kappa shape index (κ2) is 7.03. The third-order valence-electron chi connectivity index (χ3n) is 3.88. The lowest BCUT2D eigenvalue weighted by Gasteiger charge is -2.15. The van der Waals surface area contributed by atoms with Crippen LogP contribution < -0.4 is 5.56 Å². The first-order chi connectivity index (χ1) is 10.7. The predicted octanol–water partition coefficient (Wildman–Crippen LogP) is 3.20. The summed E-state index contributed by atoms with van der Waals surface area (Å²) in [6.07, 6.45) is 3.81. The lowest BCUT2D eigenvalue weighted by molar-refractivity contribution is 0.173. The molecule has 120 valence electrons. The Morgan fingerprint density at radius 1 is 1.45 bits per heavy atom. The number of thioether (sulfide) groups is 1. The Morgan fingerprint density at radius 2 is 2.23 bits per heavy atom. The normalized spacial score (nSPS) is 16.0. The van der Waals surface area contributed by atoms with Crippen molar-refractivity contribution >= 4 is 49.2 Å². The number of nitrogens with zero attached hydrogens (tertiary/aromatic N) is 2. The topological polar surface area (TPSA) is 55.1 Å². The molecule has 1 N–H and O–H groups in total. The van der Waals surface area contributed by atoms with Gasteiger partial charge in [-0.1, -0.05) is 34.6 Å². The van der Waals surface area contributed by atoms with Crippen molar-refractivity contribution in [3.63, 3.8) is 0 Å². The number of aliphatic hydroxyl groups excluding tert-OH is 1. The van der Waals surface area contributed by atoms with Crippen LogP contribution in [0.4, 0.5) is 0 Å². The Morgan fingerprint density at radius 3 is 2.95 bits per heavy atom. The number of halogens is 1. The van der Waals surface area contributed by atoms with Crippen LogP contribution in [0.1, 0.15) is 30.2 Å². The van der Waals surface area contributed by atoms with Gasteiger partial charge in [-0.15, -0.1) is 11.3 Å². The van der Waals surface area contributed by atoms with Gasteiger partial charge in [0.1, 0.15) is 4.83 Å². The number of aliphatic hydroxyl groups is 1. The molecule has 1 aliphatic carbocycles. The van der Waals surface area contributed by atoms with E-state index in [1.807, 2.05) is 6.92 Å². The van der Waals surface area contributed by atoms with E-state index >= 15 is 0 Å². The maximum absolute atomic E-state index is 13.0. The third kappa shape index (κ3) is 3.00. The summed E-state index contributed by atoms with van der Waals surface area (Å²) in [7, 11) is 0. The number of hydrogen-bond acceptors (Lipinski definition) is 5. The van der Waals surface area contributed by atoms with Crippen molar-refractivity contribution in [3.05, 3.63) is 20.8 Å². The van der Waals surface area contributed by atoms with Crippen molar-refractivity contribution < 1.29 is 5.11 Å². The number of rotatable bonds is 5. The van der Waals surface area contributed by atoms with Crippen LogP contribution in [0.5, 0.6) is 0 Å². The van der Waals surface area contributed by atoms with Gasteiger partial charge in [-0.3, -0.25) is 9.36 Å². The van der Waals surface area contributed by atoms with E-state index < -0.39 is 6.10 Å². The van der Waals surface area contributed by atoms with Gasteiger partial charge in [0.05, 0.1) is 18.0 Å². The molecule has 3 rings (SSSR count). The maximum atomic E-state index is 13.0. The van der Waals surface area contributed by atoms with Crippen LogP contribution in [-0.4, -0.2) is 31.8 Å². The first-order valence-electron chi connectivity index (χ1n) is 7.57. The van der Waals surface area contributed by atoms with Crippen LogP contribution in [-0.2, 0) is 19.4 Å². The molecule has 22 heavy (non-hydrogen) atoms. The van der Waals surface area contributed by atoms with Gasteiger partial charge in [-0.25, -0.2) is 4.98 Å². The Labute approximate surface area is 146 Å². The summed E-state index contributed by atoms with van der Waals surface area (Å²) >= 11 is 6.51. The highest BCUT2D eigenvalue weighted by Gasteiger charge is 2.22. The minimum atomic E-state index is -0.581. The summed E-state index contributed by atoms with van der Waals surface area (Å²) in [6, 6.07) is 0. The number of thiophene rings is 1. The van der Waals surface area contributed by atoms with E-state index in [2.05, 4.69) is 15.9 Å². The van der Waals surface area contributed by atoms with Crippen LogP contribution in [0.3, 0.4) is 0 Å². The zero-order valence-electron chi connectivity index (χ0n) is 12.5. The average molecular weight is 403 g/mol. The van der Waals surface area contributed by atoms with Crippen molar-refractivity contribution in [1.29, 1.82) is 0 Å². The largest absolute Gasteiger partial charge is 0.390 e. The summed E-state index contributed by atoms with van der Waals surface area (Å²) < 4.78 is 1.66. The van der Waals surface area contributed by atoms with Crippen LogP contribution in [0.25, 0.3) is 10.2 Å². The lowest BCUT2D eigenvalue weighted by atomic mass is 9.97. The Balaban J connectivity index is 2.20. The number of fused-ring (bicyclic) bond motifs is 3. The number of alkyl halides is 1. The molecule has 0 saturated heterocycles. The molecule has 0 fully saturated rings. The Bertz CT molecular complexity index is 741. The molecule has 7 heteroatoms. The van der Waals surface area contributed by atoms with Crippen molar-refractivity contribution in [3.8, 4) is 0 Å². The second-order valence-corrected chi connectivity index (χ2v) is 8.40. The van der Waals surface area contributed by atoms with Crippen LogP contribution in [0.2, 0.25) is 0 Å². The van der Waals surface area contributed by atoms with Gasteiger partial charge < -0.3 is 5.11 Å². The molecule has 1 aliphatic rings. The third-order valence-corrected chi connectivity index (χ3v) is 6.68. The summed E-state index contributed by atoms with van der Waals surface area (Å²) in [4.78, 5) is 19.9. The Kier molecular flexibility index (Phi) is 5.27. The fraction of sp³-hybridized carbons (Fsp3) is 0.600. The second-order valence-electron chi connectivity index (χ2n) is 5.44. The highest BCUT2D eigenvalue weighted by molar-refractivity contribution is 9.09. The van der Waals surface area contributed by atoms with Gasteiger partial charge in [0.25, 0.3) is 5.56 Å². The number of aromatic nitrogens is 2. The van der Waals surface area contributed by atoms with Gasteiger partial charge in [0.2, 0.25) is 0 Å². The minimum absolute atomic E-state index is 0.0142. The molecule has 1 atom stereocenters. The van der Waals surface area contributed by atoms with E-state index in [-0.39, 0.29) is 5.56 Å². The molecule has 2 aromatic heterocycles. The van der Waals surface area contributed by atoms with Crippen LogP contribution >= 0.6 is 39.0 Å². The van der Waals surface area contributed by atoms with Crippen molar-refractivity contribution in [1.82, 2.24) is 9.55 Å². The van der Waals surface area contributed by atoms with Crippen LogP contribution in [0.15, 0.2) is 9.95 Å². The van der Waals surface area contributed by atoms with E-state index in [0.717, 1.165) is 40.4 Å². The monoisotopic (exact) mass is 402 g/mol. The zero-order chi connectivity index (χ0) is 15.7. The molecule has 0 radical (unpaired) electrons. The van der Waals surface area contributed by atoms with Gasteiger partial charge in [0, 0.05) is 10.2 Å². The molecule has 0 aliphatic heterocycles. The maximum Gasteiger partial charge on any atom is 0.263 e. The van der Waals surface area contributed by atoms with Crippen molar-refractivity contribution in [2.24, 2.45) is 0 Å². The summed E-state index contributed by atoms with van der Waals surface area (Å²) in [5, 5.41) is 11.9. The Hall–Kier alpha value is -0.370. The standard InChI is InChI=1S/C15H19BrN2O2S2/c1-2-21-15-17-13-12(10-5-3-4-6-11(10)22-13)14(20)18(15)8-9(19)7-16/h9,19H,2-8H2,1H3/t9-/m0/s1. The first-order valence-corrected chi connectivity index (χ1v) is 10.5. The van der Waals surface area contributed by atoms with E-state index in [1.54, 1.807) is 27.7 Å². The van der Waals surface area contributed by atoms with Gasteiger partial charge in [-0.2, -0.15) is 0 Å². The SMILES string of the molecule is CCSc1nc2sc3c(c2c(=O)n1C[C@@H](O)CBr)CCCC3. The number of hydrogen-bond donors (Lipinski definition) is 1. The average Bonchev–Trinajstić information content (AvgIpc) is 2.89. The molecule has 4 nitrogen and oxygen atoms in total. The van der Waals surface area contributed by atoms with Crippen LogP contribution in [0, 0.1) is 0 Å². The smallest absolute Gasteiger partial charge is 0.263 e. The molecule has 2 aromatic rings. The van der Waals surface area contributed by atoms with Gasteiger partial charge in [0.15, 0.2) is 5.16 Å². The van der Waals surface area contributed by atoms with E-state index in [4.69, 9.17) is 4.98 Å². The minimum Gasteiger partial charge on any atom is -0.390 e. The molecule has 0 amide bonds. The summed E-state index contributed by atoms with van der Waals surface area (Å²) in [5.74, 6) is 0.855. The summed E-state index contributed by atoms with van der Waals surface area (Å²) in [6.45, 7) is 2.34. The number of aryl methyl sites for hydroxylation is 2. The fourth-order valence-electron chi connectivity index (χ4n) is 2.88. The van der Waals surface area contributed by atoms with E-state index in [9.17, 15) is 9.90 Å². The quantitative estimate of drug-likeness (QED) is 0.473. The molecule has 0 saturated carbocycles. The van der Waals surface area contributed by atoms with Gasteiger partial charge in [-0.05, 0) is 37.0 Å². The predicted molar refractivity (Wildman–Crippen MR) is 96.7 cm³/mol. The van der Waals surface area contributed by atoms with Crippen molar-refractivity contribution in [2.75, 3.05) is 11.1 Å². The molecule has 0 aromatic carbocycles. The lowest BCUT2D eigenvalue weighted by Crippen LogP contribution is -2.29. The summed E-state index contributed by atoms with van der Waals surface area (Å²) in [5.41, 5.74) is 1.22. The first kappa shape index (κ1) is 16.5. The van der Waals surface area contributed by atoms with E-state index in [0.29, 0.717) is 11.9 Å². The highest BCUT2D eigenvalue weighted by atomic mass is 79.9. The highest BCUT2D eigenvalue weighted by Crippen LogP contribution is 2.34. The molecule has 0 bridgehead atoms. The molecule has 2 heterocycles. The molecule has 0 unspecified atom stereocenters. The molecule has 0 spiro atoms. The van der Waals surface area contributed by atoms with Gasteiger partial charge >= 0.3 is 0 Å². The fourth-order valence-corrected chi connectivity index (χ4v) is 5.12. The van der Waals surface area contributed by atoms with E-state index in [1.165, 1.54) is 16.9 Å². The molecular weight excluding hydrogens is 384 g/mol.